The number of anilines is 2. The molecule has 28 heavy (non-hydrogen) atoms. The first-order valence-corrected chi connectivity index (χ1v) is 9.79. The summed E-state index contributed by atoms with van der Waals surface area (Å²) >= 11 is 7.32. The molecule has 1 heterocycles. The van der Waals surface area contributed by atoms with Crippen LogP contribution in [0.2, 0.25) is 5.02 Å². The van der Waals surface area contributed by atoms with E-state index in [0.717, 1.165) is 16.7 Å². The number of aliphatic hydroxyl groups is 1. The van der Waals surface area contributed by atoms with Crippen LogP contribution in [0.4, 0.5) is 11.4 Å². The number of halogens is 1. The molecule has 0 unspecified atom stereocenters. The fraction of sp³-hybridized carbons (Fsp3) is 0.150. The lowest BCUT2D eigenvalue weighted by Gasteiger charge is -2.16. The van der Waals surface area contributed by atoms with Crippen molar-refractivity contribution in [3.05, 3.63) is 64.0 Å². The number of nitrogens with one attached hydrogen (secondary N) is 1. The second-order valence-electron chi connectivity index (χ2n) is 5.93. The molecule has 0 atom stereocenters. The Kier molecular flexibility index (Phi) is 6.18. The number of carbonyl (C=O) groups excluding carboxylic acids is 3. The quantitative estimate of drug-likeness (QED) is 0.705. The topological polar surface area (TPSA) is 86.7 Å². The van der Waals surface area contributed by atoms with Crippen molar-refractivity contribution in [1.29, 1.82) is 0 Å². The van der Waals surface area contributed by atoms with Crippen LogP contribution >= 0.6 is 23.4 Å². The van der Waals surface area contributed by atoms with E-state index in [4.69, 9.17) is 16.7 Å². The number of imide groups is 1. The summed E-state index contributed by atoms with van der Waals surface area (Å²) in [6.07, 6.45) is 0. The molecule has 3 amide bonds. The van der Waals surface area contributed by atoms with Crippen LogP contribution in [0.25, 0.3) is 5.57 Å². The smallest absolute Gasteiger partial charge is 0.272 e. The minimum Gasteiger partial charge on any atom is -0.396 e. The first-order chi connectivity index (χ1) is 13.4. The van der Waals surface area contributed by atoms with E-state index in [0.29, 0.717) is 16.9 Å². The number of aliphatic hydroxyl groups excluding tert-OH is 1. The van der Waals surface area contributed by atoms with E-state index in [1.54, 1.807) is 48.5 Å². The third-order valence-corrected chi connectivity index (χ3v) is 5.34. The van der Waals surface area contributed by atoms with Crippen LogP contribution in [0.5, 0.6) is 0 Å². The van der Waals surface area contributed by atoms with Crippen LogP contribution in [-0.4, -0.2) is 35.2 Å². The van der Waals surface area contributed by atoms with Crippen LogP contribution in [0.15, 0.2) is 53.4 Å². The van der Waals surface area contributed by atoms with Crippen LogP contribution in [-0.2, 0) is 14.4 Å². The van der Waals surface area contributed by atoms with E-state index < -0.39 is 11.8 Å². The van der Waals surface area contributed by atoms with Gasteiger partial charge < -0.3 is 10.4 Å². The fourth-order valence-electron chi connectivity index (χ4n) is 2.82. The Hall–Kier alpha value is -2.61. The van der Waals surface area contributed by atoms with E-state index in [-0.39, 0.29) is 33.8 Å². The van der Waals surface area contributed by atoms with Gasteiger partial charge in [0.2, 0.25) is 5.91 Å². The van der Waals surface area contributed by atoms with Crippen LogP contribution < -0.4 is 10.2 Å². The number of amides is 3. The van der Waals surface area contributed by atoms with Gasteiger partial charge in [0.1, 0.15) is 0 Å². The molecule has 144 valence electrons. The van der Waals surface area contributed by atoms with Crippen molar-refractivity contribution < 1.29 is 19.5 Å². The summed E-state index contributed by atoms with van der Waals surface area (Å²) in [5.41, 5.74) is 1.69. The molecule has 6 nitrogen and oxygen atoms in total. The first-order valence-electron chi connectivity index (χ1n) is 8.43. The summed E-state index contributed by atoms with van der Waals surface area (Å²) < 4.78 is 0. The van der Waals surface area contributed by atoms with E-state index in [1.165, 1.54) is 6.92 Å². The van der Waals surface area contributed by atoms with Gasteiger partial charge in [-0.15, -0.1) is 11.8 Å². The first kappa shape index (κ1) is 20.1. The molecule has 0 bridgehead atoms. The van der Waals surface area contributed by atoms with Crippen molar-refractivity contribution in [2.75, 3.05) is 22.6 Å². The highest BCUT2D eigenvalue weighted by Crippen LogP contribution is 2.40. The van der Waals surface area contributed by atoms with Crippen molar-refractivity contribution in [3.63, 3.8) is 0 Å². The number of benzene rings is 2. The third kappa shape index (κ3) is 3.96. The summed E-state index contributed by atoms with van der Waals surface area (Å²) in [6.45, 7) is 1.27. The van der Waals surface area contributed by atoms with Crippen LogP contribution in [0.3, 0.4) is 0 Å². The highest BCUT2D eigenvalue weighted by atomic mass is 35.5. The molecule has 1 aliphatic heterocycles. The Balaban J connectivity index is 2.03. The molecule has 0 aromatic heterocycles. The molecular formula is C20H17ClN2O4S. The van der Waals surface area contributed by atoms with Gasteiger partial charge in [0.25, 0.3) is 11.8 Å². The molecule has 0 saturated carbocycles. The normalized spacial score (nSPS) is 14.0. The number of nitrogens with zero attached hydrogens (tertiary/aromatic N) is 1. The summed E-state index contributed by atoms with van der Waals surface area (Å²) in [6, 6.07) is 13.3. The molecule has 2 N–H and O–H groups in total. The maximum Gasteiger partial charge on any atom is 0.272 e. The van der Waals surface area contributed by atoms with Gasteiger partial charge in [-0.05, 0) is 29.8 Å². The summed E-state index contributed by atoms with van der Waals surface area (Å²) in [5.74, 6) is -0.885. The average Bonchev–Trinajstić information content (AvgIpc) is 2.91. The molecule has 0 spiro atoms. The van der Waals surface area contributed by atoms with Gasteiger partial charge in [0.05, 0.1) is 27.8 Å². The number of hydrogen-bond acceptors (Lipinski definition) is 5. The lowest BCUT2D eigenvalue weighted by molar-refractivity contribution is -0.120. The molecule has 8 heteroatoms. The number of rotatable bonds is 6. The molecule has 2 aromatic rings. The average molecular weight is 417 g/mol. The van der Waals surface area contributed by atoms with Crippen LogP contribution in [0.1, 0.15) is 12.5 Å². The second-order valence-corrected chi connectivity index (χ2v) is 7.44. The van der Waals surface area contributed by atoms with Gasteiger partial charge in [-0.25, -0.2) is 4.90 Å². The highest BCUT2D eigenvalue weighted by Gasteiger charge is 2.40. The SMILES string of the molecule is CC(=O)Nc1ccc(C2=C(SCCO)C(=O)N(c3ccccc3Cl)C2=O)cc1. The number of hydrogen-bond donors (Lipinski definition) is 2. The molecular weight excluding hydrogens is 400 g/mol. The van der Waals surface area contributed by atoms with Gasteiger partial charge in [-0.1, -0.05) is 35.9 Å². The molecule has 0 fully saturated rings. The predicted octanol–water partition coefficient (Wildman–Crippen LogP) is 3.31. The van der Waals surface area contributed by atoms with Gasteiger partial charge >= 0.3 is 0 Å². The second kappa shape index (κ2) is 8.60. The Labute approximate surface area is 171 Å². The molecule has 2 aromatic carbocycles. The summed E-state index contributed by atoms with van der Waals surface area (Å²) in [7, 11) is 0. The molecule has 0 radical (unpaired) electrons. The van der Waals surface area contributed by atoms with E-state index in [1.807, 2.05) is 0 Å². The lowest BCUT2D eigenvalue weighted by atomic mass is 10.1. The Morgan fingerprint density at radius 2 is 1.79 bits per heavy atom. The number of para-hydroxylation sites is 1. The zero-order chi connectivity index (χ0) is 20.3. The van der Waals surface area contributed by atoms with E-state index >= 15 is 0 Å². The minimum atomic E-state index is -0.481. The number of thioether (sulfide) groups is 1. The van der Waals surface area contributed by atoms with Crippen molar-refractivity contribution in [2.45, 2.75) is 6.92 Å². The maximum atomic E-state index is 13.1. The Morgan fingerprint density at radius 3 is 2.39 bits per heavy atom. The summed E-state index contributed by atoms with van der Waals surface area (Å²) in [4.78, 5) is 38.6. The highest BCUT2D eigenvalue weighted by molar-refractivity contribution is 8.04. The van der Waals surface area contributed by atoms with Crippen molar-refractivity contribution >= 4 is 58.0 Å². The minimum absolute atomic E-state index is 0.128. The standard InChI is InChI=1S/C20H17ClN2O4S/c1-12(25)22-14-8-6-13(7-9-14)17-18(28-11-10-24)20(27)23(19(17)26)16-5-3-2-4-15(16)21/h2-9,24H,10-11H2,1H3,(H,22,25). The predicted molar refractivity (Wildman–Crippen MR) is 111 cm³/mol. The van der Waals surface area contributed by atoms with Crippen molar-refractivity contribution in [2.24, 2.45) is 0 Å². The molecule has 0 saturated heterocycles. The van der Waals surface area contributed by atoms with E-state index in [9.17, 15) is 14.4 Å². The maximum absolute atomic E-state index is 13.1. The fourth-order valence-corrected chi connectivity index (χ4v) is 3.90. The zero-order valence-corrected chi connectivity index (χ0v) is 16.5. The van der Waals surface area contributed by atoms with E-state index in [2.05, 4.69) is 5.32 Å². The Bertz CT molecular complexity index is 972. The zero-order valence-electron chi connectivity index (χ0n) is 14.9. The van der Waals surface area contributed by atoms with Gasteiger partial charge in [-0.3, -0.25) is 14.4 Å². The van der Waals surface area contributed by atoms with Crippen LogP contribution in [0, 0.1) is 0 Å². The van der Waals surface area contributed by atoms with Gasteiger partial charge in [0, 0.05) is 18.4 Å². The molecule has 0 aliphatic carbocycles. The Morgan fingerprint density at radius 1 is 1.11 bits per heavy atom. The summed E-state index contributed by atoms with van der Waals surface area (Å²) in [5, 5.41) is 12.1. The van der Waals surface area contributed by atoms with Gasteiger partial charge in [-0.2, -0.15) is 0 Å². The van der Waals surface area contributed by atoms with Gasteiger partial charge in [0.15, 0.2) is 0 Å². The van der Waals surface area contributed by atoms with Crippen molar-refractivity contribution in [1.82, 2.24) is 0 Å². The largest absolute Gasteiger partial charge is 0.396 e. The number of carbonyl (C=O) groups is 3. The third-order valence-electron chi connectivity index (χ3n) is 3.97. The molecule has 1 aliphatic rings. The molecule has 3 rings (SSSR count). The monoisotopic (exact) mass is 416 g/mol. The van der Waals surface area contributed by atoms with Crippen molar-refractivity contribution in [3.8, 4) is 0 Å². The lowest BCUT2D eigenvalue weighted by Crippen LogP contribution is -2.31.